The van der Waals surface area contributed by atoms with Crippen molar-refractivity contribution in [3.8, 4) is 0 Å². The zero-order valence-corrected chi connectivity index (χ0v) is 13.1. The lowest BCUT2D eigenvalue weighted by Crippen LogP contribution is -2.33. The molecule has 19 heavy (non-hydrogen) atoms. The molecule has 0 aliphatic heterocycles. The van der Waals surface area contributed by atoms with Crippen molar-refractivity contribution in [3.63, 3.8) is 0 Å². The fourth-order valence-corrected chi connectivity index (χ4v) is 2.31. The summed E-state index contributed by atoms with van der Waals surface area (Å²) in [5, 5.41) is 0. The highest BCUT2D eigenvalue weighted by Gasteiger charge is 2.17. The van der Waals surface area contributed by atoms with Crippen LogP contribution in [0.1, 0.15) is 31.9 Å². The molecule has 0 spiro atoms. The minimum Gasteiger partial charge on any atom is -0.378 e. The Labute approximate surface area is 118 Å². The van der Waals surface area contributed by atoms with E-state index in [4.69, 9.17) is 5.73 Å². The van der Waals surface area contributed by atoms with Crippen molar-refractivity contribution in [2.75, 3.05) is 39.1 Å². The van der Waals surface area contributed by atoms with Gasteiger partial charge in [0.1, 0.15) is 0 Å². The average Bonchev–Trinajstić information content (AvgIpc) is 2.40. The summed E-state index contributed by atoms with van der Waals surface area (Å²) in [7, 11) is 6.29. The van der Waals surface area contributed by atoms with E-state index < -0.39 is 0 Å². The predicted molar refractivity (Wildman–Crippen MR) is 84.6 cm³/mol. The molecule has 3 heteroatoms. The summed E-state index contributed by atoms with van der Waals surface area (Å²) in [6.45, 7) is 6.28. The molecule has 1 aromatic carbocycles. The van der Waals surface area contributed by atoms with Crippen molar-refractivity contribution < 1.29 is 0 Å². The van der Waals surface area contributed by atoms with E-state index in [1.807, 2.05) is 0 Å². The molecular formula is C16H29N3. The zero-order valence-electron chi connectivity index (χ0n) is 13.1. The monoisotopic (exact) mass is 263 g/mol. The smallest absolute Gasteiger partial charge is 0.0467 e. The first kappa shape index (κ1) is 16.0. The molecule has 0 heterocycles. The van der Waals surface area contributed by atoms with Crippen molar-refractivity contribution >= 4 is 5.69 Å². The Morgan fingerprint density at radius 1 is 1.11 bits per heavy atom. The third-order valence-corrected chi connectivity index (χ3v) is 3.85. The van der Waals surface area contributed by atoms with Gasteiger partial charge in [0.15, 0.2) is 0 Å². The van der Waals surface area contributed by atoms with Crippen LogP contribution in [0.25, 0.3) is 0 Å². The van der Waals surface area contributed by atoms with Gasteiger partial charge in [-0.05, 0) is 30.7 Å². The average molecular weight is 263 g/mol. The molecule has 0 radical (unpaired) electrons. The van der Waals surface area contributed by atoms with Gasteiger partial charge in [-0.2, -0.15) is 0 Å². The van der Waals surface area contributed by atoms with Gasteiger partial charge in [-0.25, -0.2) is 0 Å². The lowest BCUT2D eigenvalue weighted by Gasteiger charge is -2.29. The van der Waals surface area contributed by atoms with Crippen LogP contribution >= 0.6 is 0 Å². The van der Waals surface area contributed by atoms with Gasteiger partial charge in [0.05, 0.1) is 0 Å². The van der Waals surface area contributed by atoms with Crippen LogP contribution in [0, 0.1) is 5.92 Å². The number of nitrogens with zero attached hydrogens (tertiary/aromatic N) is 2. The molecule has 0 aromatic heterocycles. The third-order valence-electron chi connectivity index (χ3n) is 3.85. The Morgan fingerprint density at radius 2 is 1.68 bits per heavy atom. The summed E-state index contributed by atoms with van der Waals surface area (Å²) >= 11 is 0. The highest BCUT2D eigenvalue weighted by atomic mass is 15.1. The summed E-state index contributed by atoms with van der Waals surface area (Å²) in [4.78, 5) is 4.49. The lowest BCUT2D eigenvalue weighted by atomic mass is 10.0. The van der Waals surface area contributed by atoms with Gasteiger partial charge in [0.2, 0.25) is 0 Å². The Balaban J connectivity index is 2.78. The summed E-state index contributed by atoms with van der Waals surface area (Å²) in [5.74, 6) is 0.708. The molecule has 0 bridgehead atoms. The van der Waals surface area contributed by atoms with E-state index >= 15 is 0 Å². The molecule has 0 fully saturated rings. The van der Waals surface area contributed by atoms with Crippen molar-refractivity contribution in [2.45, 2.75) is 26.3 Å². The molecule has 2 atom stereocenters. The molecule has 0 aliphatic carbocycles. The highest BCUT2D eigenvalue weighted by molar-refractivity contribution is 5.46. The maximum absolute atomic E-state index is 5.97. The predicted octanol–water partition coefficient (Wildman–Crippen LogP) is 2.73. The van der Waals surface area contributed by atoms with Crippen LogP contribution in [0.3, 0.4) is 0 Å². The first-order chi connectivity index (χ1) is 8.99. The maximum atomic E-state index is 5.97. The molecule has 0 amide bonds. The second-order valence-electron chi connectivity index (χ2n) is 5.69. The van der Waals surface area contributed by atoms with Crippen molar-refractivity contribution in [1.82, 2.24) is 4.90 Å². The van der Waals surface area contributed by atoms with Crippen LogP contribution in [0.2, 0.25) is 0 Å². The quantitative estimate of drug-likeness (QED) is 0.821. The number of nitrogens with two attached hydrogens (primary N) is 1. The lowest BCUT2D eigenvalue weighted by molar-refractivity contribution is 0.215. The fraction of sp³-hybridized carbons (Fsp3) is 0.625. The van der Waals surface area contributed by atoms with Gasteiger partial charge in [-0.3, -0.25) is 4.90 Å². The van der Waals surface area contributed by atoms with Gasteiger partial charge < -0.3 is 10.6 Å². The normalized spacial score (nSPS) is 14.5. The molecule has 1 aromatic rings. The molecule has 3 nitrogen and oxygen atoms in total. The van der Waals surface area contributed by atoms with Gasteiger partial charge >= 0.3 is 0 Å². The molecule has 0 saturated carbocycles. The Morgan fingerprint density at radius 3 is 2.11 bits per heavy atom. The second kappa shape index (κ2) is 7.51. The van der Waals surface area contributed by atoms with Gasteiger partial charge in [0, 0.05) is 38.9 Å². The standard InChI is InChI=1S/C16H29N3/c1-6-13(2)12-19(5)16(11-17)14-7-9-15(10-8-14)18(3)4/h7-10,13,16H,6,11-12,17H2,1-5H3. The van der Waals surface area contributed by atoms with E-state index in [0.717, 1.165) is 6.54 Å². The summed E-state index contributed by atoms with van der Waals surface area (Å²) < 4.78 is 0. The van der Waals surface area contributed by atoms with Crippen molar-refractivity contribution in [1.29, 1.82) is 0 Å². The first-order valence-corrected chi connectivity index (χ1v) is 7.17. The highest BCUT2D eigenvalue weighted by Crippen LogP contribution is 2.22. The molecule has 0 saturated heterocycles. The van der Waals surface area contributed by atoms with Crippen molar-refractivity contribution in [3.05, 3.63) is 29.8 Å². The fourth-order valence-electron chi connectivity index (χ4n) is 2.31. The molecule has 2 N–H and O–H groups in total. The van der Waals surface area contributed by atoms with Crippen LogP contribution in [-0.2, 0) is 0 Å². The Hall–Kier alpha value is -1.06. The van der Waals surface area contributed by atoms with E-state index in [0.29, 0.717) is 18.5 Å². The van der Waals surface area contributed by atoms with Crippen LogP contribution in [0.5, 0.6) is 0 Å². The number of anilines is 1. The van der Waals surface area contributed by atoms with Crippen LogP contribution in [0.15, 0.2) is 24.3 Å². The largest absolute Gasteiger partial charge is 0.378 e. The van der Waals surface area contributed by atoms with E-state index in [1.54, 1.807) is 0 Å². The zero-order chi connectivity index (χ0) is 14.4. The van der Waals surface area contributed by atoms with Gasteiger partial charge in [0.25, 0.3) is 0 Å². The molecule has 108 valence electrons. The number of hydrogen-bond acceptors (Lipinski definition) is 3. The van der Waals surface area contributed by atoms with Crippen molar-refractivity contribution in [2.24, 2.45) is 11.7 Å². The van der Waals surface area contributed by atoms with Gasteiger partial charge in [-0.15, -0.1) is 0 Å². The summed E-state index contributed by atoms with van der Waals surface area (Å²) in [5.41, 5.74) is 8.50. The Kier molecular flexibility index (Phi) is 6.32. The SMILES string of the molecule is CCC(C)CN(C)C(CN)c1ccc(N(C)C)cc1. The van der Waals surface area contributed by atoms with Crippen LogP contribution in [-0.4, -0.2) is 39.1 Å². The molecule has 2 unspecified atom stereocenters. The number of rotatable bonds is 7. The van der Waals surface area contributed by atoms with Crippen LogP contribution < -0.4 is 10.6 Å². The van der Waals surface area contributed by atoms with Crippen LogP contribution in [0.4, 0.5) is 5.69 Å². The second-order valence-corrected chi connectivity index (χ2v) is 5.69. The topological polar surface area (TPSA) is 32.5 Å². The number of likely N-dealkylation sites (N-methyl/N-ethyl adjacent to an activating group) is 1. The summed E-state index contributed by atoms with van der Waals surface area (Å²) in [6, 6.07) is 9.02. The number of benzene rings is 1. The maximum Gasteiger partial charge on any atom is 0.0467 e. The van der Waals surface area contributed by atoms with Gasteiger partial charge in [-0.1, -0.05) is 32.4 Å². The first-order valence-electron chi connectivity index (χ1n) is 7.17. The number of hydrogen-bond donors (Lipinski definition) is 1. The van der Waals surface area contributed by atoms with E-state index in [9.17, 15) is 0 Å². The molecular weight excluding hydrogens is 234 g/mol. The summed E-state index contributed by atoms with van der Waals surface area (Å²) in [6.07, 6.45) is 1.21. The minimum atomic E-state index is 0.310. The molecule has 0 aliphatic rings. The van der Waals surface area contributed by atoms with E-state index in [-0.39, 0.29) is 0 Å². The molecule has 1 rings (SSSR count). The van der Waals surface area contributed by atoms with E-state index in [1.165, 1.54) is 17.7 Å². The Bertz CT molecular complexity index is 359. The third kappa shape index (κ3) is 4.51. The minimum absolute atomic E-state index is 0.310. The van der Waals surface area contributed by atoms with E-state index in [2.05, 4.69) is 69.1 Å².